The molecule has 1 aliphatic carbocycles. The van der Waals surface area contributed by atoms with Crippen molar-refractivity contribution in [1.82, 2.24) is 5.32 Å². The van der Waals surface area contributed by atoms with Gasteiger partial charge in [-0.05, 0) is 43.6 Å². The molecule has 1 nitrogen and oxygen atoms in total. The quantitative estimate of drug-likeness (QED) is 0.786. The van der Waals surface area contributed by atoms with Crippen molar-refractivity contribution in [2.45, 2.75) is 45.2 Å². The van der Waals surface area contributed by atoms with Crippen LogP contribution in [0.4, 0.5) is 0 Å². The van der Waals surface area contributed by atoms with Gasteiger partial charge in [0.15, 0.2) is 0 Å². The number of hydrogen-bond acceptors (Lipinski definition) is 2. The molecule has 78 valence electrons. The van der Waals surface area contributed by atoms with Gasteiger partial charge in [-0.2, -0.15) is 0 Å². The van der Waals surface area contributed by atoms with Gasteiger partial charge in [0.1, 0.15) is 0 Å². The van der Waals surface area contributed by atoms with Gasteiger partial charge in [-0.15, -0.1) is 11.3 Å². The zero-order valence-corrected chi connectivity index (χ0v) is 9.81. The summed E-state index contributed by atoms with van der Waals surface area (Å²) in [5.74, 6) is 0.745. The van der Waals surface area contributed by atoms with Crippen molar-refractivity contribution in [1.29, 1.82) is 0 Å². The highest BCUT2D eigenvalue weighted by Crippen LogP contribution is 2.22. The average molecular weight is 209 g/mol. The highest BCUT2D eigenvalue weighted by Gasteiger charge is 2.24. The average Bonchev–Trinajstić information content (AvgIpc) is 2.81. The molecule has 1 saturated carbocycles. The molecule has 1 aromatic rings. The Morgan fingerprint density at radius 1 is 1.50 bits per heavy atom. The van der Waals surface area contributed by atoms with Crippen molar-refractivity contribution in [3.8, 4) is 0 Å². The van der Waals surface area contributed by atoms with Gasteiger partial charge in [-0.25, -0.2) is 0 Å². The maximum absolute atomic E-state index is 3.67. The van der Waals surface area contributed by atoms with Gasteiger partial charge in [0.2, 0.25) is 0 Å². The maximum atomic E-state index is 3.67. The maximum Gasteiger partial charge on any atom is 0.00708 e. The van der Waals surface area contributed by atoms with E-state index in [2.05, 4.69) is 36.7 Å². The first-order valence-corrected chi connectivity index (χ1v) is 6.42. The van der Waals surface area contributed by atoms with E-state index in [0.717, 1.165) is 12.0 Å². The fraction of sp³-hybridized carbons (Fsp3) is 0.667. The van der Waals surface area contributed by atoms with Crippen molar-refractivity contribution >= 4 is 11.3 Å². The molecule has 0 aliphatic heterocycles. The van der Waals surface area contributed by atoms with Crippen LogP contribution in [0.1, 0.15) is 31.6 Å². The van der Waals surface area contributed by atoms with Crippen molar-refractivity contribution in [2.24, 2.45) is 5.92 Å². The Morgan fingerprint density at radius 3 is 2.86 bits per heavy atom. The normalized spacial score (nSPS) is 20.7. The minimum Gasteiger partial charge on any atom is -0.311 e. The van der Waals surface area contributed by atoms with Crippen molar-refractivity contribution in [3.05, 3.63) is 22.4 Å². The van der Waals surface area contributed by atoms with Crippen molar-refractivity contribution in [2.75, 3.05) is 0 Å². The van der Waals surface area contributed by atoms with Gasteiger partial charge in [-0.3, -0.25) is 0 Å². The van der Waals surface area contributed by atoms with Gasteiger partial charge in [0.05, 0.1) is 0 Å². The van der Waals surface area contributed by atoms with E-state index in [1.54, 1.807) is 0 Å². The van der Waals surface area contributed by atoms with Crippen LogP contribution in [0.3, 0.4) is 0 Å². The molecule has 1 heterocycles. The Labute approximate surface area is 90.5 Å². The van der Waals surface area contributed by atoms with Crippen LogP contribution in [0.5, 0.6) is 0 Å². The summed E-state index contributed by atoms with van der Waals surface area (Å²) in [6.45, 7) is 4.66. The molecule has 2 rings (SSSR count). The Hall–Kier alpha value is -0.340. The van der Waals surface area contributed by atoms with E-state index < -0.39 is 0 Å². The van der Waals surface area contributed by atoms with E-state index in [1.807, 2.05) is 11.3 Å². The lowest BCUT2D eigenvalue weighted by Gasteiger charge is -2.20. The second-order valence-electron chi connectivity index (χ2n) is 4.49. The topological polar surface area (TPSA) is 12.0 Å². The van der Waals surface area contributed by atoms with Crippen molar-refractivity contribution < 1.29 is 0 Å². The summed E-state index contributed by atoms with van der Waals surface area (Å²) in [6, 6.07) is 5.87. The largest absolute Gasteiger partial charge is 0.311 e. The Morgan fingerprint density at radius 2 is 2.29 bits per heavy atom. The van der Waals surface area contributed by atoms with Crippen LogP contribution in [-0.4, -0.2) is 12.1 Å². The monoisotopic (exact) mass is 209 g/mol. The van der Waals surface area contributed by atoms with E-state index in [9.17, 15) is 0 Å². The highest BCUT2D eigenvalue weighted by molar-refractivity contribution is 7.09. The standard InChI is InChI=1S/C12H19NS/c1-9(8-12-4-3-7-14-12)10(2)13-11-5-6-11/h3-4,7,9-11,13H,5-6,8H2,1-2H3. The first-order chi connectivity index (χ1) is 6.75. The molecule has 2 unspecified atom stereocenters. The molecular formula is C12H19NS. The molecule has 2 heteroatoms. The fourth-order valence-electron chi connectivity index (χ4n) is 1.71. The van der Waals surface area contributed by atoms with Gasteiger partial charge in [0, 0.05) is 17.0 Å². The molecule has 0 saturated heterocycles. The SMILES string of the molecule is CC(Cc1cccs1)C(C)NC1CC1. The second kappa shape index (κ2) is 4.45. The zero-order chi connectivity index (χ0) is 9.97. The van der Waals surface area contributed by atoms with Crippen LogP contribution in [0.15, 0.2) is 17.5 Å². The molecule has 1 aromatic heterocycles. The molecule has 0 amide bonds. The summed E-state index contributed by atoms with van der Waals surface area (Å²) in [7, 11) is 0. The molecule has 1 N–H and O–H groups in total. The molecular weight excluding hydrogens is 190 g/mol. The minimum atomic E-state index is 0.657. The number of rotatable bonds is 5. The third kappa shape index (κ3) is 2.82. The molecule has 0 spiro atoms. The summed E-state index contributed by atoms with van der Waals surface area (Å²) in [5, 5.41) is 5.84. The minimum absolute atomic E-state index is 0.657. The first kappa shape index (κ1) is 10.2. The lowest BCUT2D eigenvalue weighted by atomic mass is 9.99. The highest BCUT2D eigenvalue weighted by atomic mass is 32.1. The van der Waals surface area contributed by atoms with Crippen molar-refractivity contribution in [3.63, 3.8) is 0 Å². The molecule has 1 fully saturated rings. The van der Waals surface area contributed by atoms with Gasteiger partial charge < -0.3 is 5.32 Å². The first-order valence-electron chi connectivity index (χ1n) is 5.54. The smallest absolute Gasteiger partial charge is 0.00708 e. The van der Waals surface area contributed by atoms with Crippen LogP contribution in [0.25, 0.3) is 0 Å². The lowest BCUT2D eigenvalue weighted by Crippen LogP contribution is -2.34. The Balaban J connectivity index is 1.78. The molecule has 1 aliphatic rings. The predicted octanol–water partition coefficient (Wildman–Crippen LogP) is 3.07. The van der Waals surface area contributed by atoms with E-state index in [0.29, 0.717) is 6.04 Å². The summed E-state index contributed by atoms with van der Waals surface area (Å²) >= 11 is 1.88. The van der Waals surface area contributed by atoms with E-state index in [-0.39, 0.29) is 0 Å². The summed E-state index contributed by atoms with van der Waals surface area (Å²) in [5.41, 5.74) is 0. The van der Waals surface area contributed by atoms with Crippen LogP contribution in [0, 0.1) is 5.92 Å². The van der Waals surface area contributed by atoms with E-state index >= 15 is 0 Å². The summed E-state index contributed by atoms with van der Waals surface area (Å²) in [4.78, 5) is 1.52. The summed E-state index contributed by atoms with van der Waals surface area (Å²) in [6.07, 6.45) is 3.99. The Kier molecular flexibility index (Phi) is 3.24. The third-order valence-electron chi connectivity index (χ3n) is 3.03. The van der Waals surface area contributed by atoms with E-state index in [1.165, 1.54) is 24.1 Å². The van der Waals surface area contributed by atoms with Gasteiger partial charge in [-0.1, -0.05) is 13.0 Å². The molecule has 14 heavy (non-hydrogen) atoms. The molecule has 0 radical (unpaired) electrons. The Bertz CT molecular complexity index is 264. The van der Waals surface area contributed by atoms with Crippen LogP contribution in [0.2, 0.25) is 0 Å². The van der Waals surface area contributed by atoms with Gasteiger partial charge in [0.25, 0.3) is 0 Å². The number of thiophene rings is 1. The molecule has 0 aromatic carbocycles. The van der Waals surface area contributed by atoms with Crippen LogP contribution in [-0.2, 0) is 6.42 Å². The summed E-state index contributed by atoms with van der Waals surface area (Å²) < 4.78 is 0. The third-order valence-corrected chi connectivity index (χ3v) is 3.93. The zero-order valence-electron chi connectivity index (χ0n) is 8.99. The van der Waals surface area contributed by atoms with Crippen LogP contribution >= 0.6 is 11.3 Å². The van der Waals surface area contributed by atoms with Gasteiger partial charge >= 0.3 is 0 Å². The van der Waals surface area contributed by atoms with E-state index in [4.69, 9.17) is 0 Å². The lowest BCUT2D eigenvalue weighted by molar-refractivity contribution is 0.397. The molecule has 2 atom stereocenters. The number of hydrogen-bond donors (Lipinski definition) is 1. The second-order valence-corrected chi connectivity index (χ2v) is 5.52. The number of nitrogens with one attached hydrogen (secondary N) is 1. The predicted molar refractivity (Wildman–Crippen MR) is 62.8 cm³/mol. The fourth-order valence-corrected chi connectivity index (χ4v) is 2.56. The molecule has 0 bridgehead atoms. The van der Waals surface area contributed by atoms with Crippen LogP contribution < -0.4 is 5.32 Å².